The highest BCUT2D eigenvalue weighted by molar-refractivity contribution is 7.91. The smallest absolute Gasteiger partial charge is 0.152 e. The second-order valence-electron chi connectivity index (χ2n) is 4.44. The fourth-order valence-electron chi connectivity index (χ4n) is 2.18. The van der Waals surface area contributed by atoms with Gasteiger partial charge in [-0.2, -0.15) is 5.26 Å². The molecule has 0 spiro atoms. The summed E-state index contributed by atoms with van der Waals surface area (Å²) in [5.41, 5.74) is 0.794. The van der Waals surface area contributed by atoms with E-state index in [1.807, 2.05) is 6.07 Å². The first-order chi connectivity index (χ1) is 8.43. The summed E-state index contributed by atoms with van der Waals surface area (Å²) in [5.74, 6) is -0.209. The van der Waals surface area contributed by atoms with Crippen LogP contribution in [0.5, 0.6) is 0 Å². The summed E-state index contributed by atoms with van der Waals surface area (Å²) >= 11 is 0. The van der Waals surface area contributed by atoms with Gasteiger partial charge in [0.1, 0.15) is 11.9 Å². The van der Waals surface area contributed by atoms with Crippen molar-refractivity contribution in [3.8, 4) is 6.07 Å². The monoisotopic (exact) mass is 268 g/mol. The van der Waals surface area contributed by atoms with E-state index in [1.165, 1.54) is 12.1 Å². The van der Waals surface area contributed by atoms with Crippen LogP contribution in [0.2, 0.25) is 0 Å². The first-order valence-corrected chi connectivity index (χ1v) is 7.38. The maximum atomic E-state index is 13.0. The van der Waals surface area contributed by atoms with Crippen molar-refractivity contribution < 1.29 is 12.8 Å². The third-order valence-corrected chi connectivity index (χ3v) is 4.97. The maximum absolute atomic E-state index is 13.0. The molecule has 1 unspecified atom stereocenters. The van der Waals surface area contributed by atoms with Crippen LogP contribution in [-0.2, 0) is 9.84 Å². The van der Waals surface area contributed by atoms with Crippen LogP contribution in [0.4, 0.5) is 10.1 Å². The predicted octanol–water partition coefficient (Wildman–Crippen LogP) is 1.32. The highest BCUT2D eigenvalue weighted by atomic mass is 32.2. The molecule has 1 saturated heterocycles. The largest absolute Gasteiger partial charge is 0.369 e. The van der Waals surface area contributed by atoms with Crippen molar-refractivity contribution in [2.75, 3.05) is 23.5 Å². The van der Waals surface area contributed by atoms with Crippen LogP contribution in [0, 0.1) is 17.1 Å². The third kappa shape index (κ3) is 2.46. The molecular weight excluding hydrogens is 255 g/mol. The molecule has 2 rings (SSSR count). The Bertz CT molecular complexity index is 607. The van der Waals surface area contributed by atoms with Crippen LogP contribution in [-0.4, -0.2) is 33.0 Å². The van der Waals surface area contributed by atoms with E-state index in [2.05, 4.69) is 0 Å². The molecule has 0 N–H and O–H groups in total. The summed E-state index contributed by atoms with van der Waals surface area (Å²) in [6, 6.07) is 5.73. The van der Waals surface area contributed by atoms with Crippen molar-refractivity contribution in [2.45, 2.75) is 12.5 Å². The number of sulfone groups is 1. The molecule has 4 nitrogen and oxygen atoms in total. The zero-order valence-corrected chi connectivity index (χ0v) is 10.7. The zero-order chi connectivity index (χ0) is 13.3. The predicted molar refractivity (Wildman–Crippen MR) is 66.6 cm³/mol. The minimum Gasteiger partial charge on any atom is -0.369 e. The lowest BCUT2D eigenvalue weighted by atomic mass is 10.1. The molecule has 1 heterocycles. The van der Waals surface area contributed by atoms with Gasteiger partial charge >= 0.3 is 0 Å². The topological polar surface area (TPSA) is 61.2 Å². The van der Waals surface area contributed by atoms with Gasteiger partial charge in [-0.25, -0.2) is 12.8 Å². The molecular formula is C12H13FN2O2S. The highest BCUT2D eigenvalue weighted by Gasteiger charge is 2.31. The Kier molecular flexibility index (Phi) is 3.26. The van der Waals surface area contributed by atoms with Crippen molar-refractivity contribution in [2.24, 2.45) is 0 Å². The van der Waals surface area contributed by atoms with Crippen LogP contribution in [0.3, 0.4) is 0 Å². The van der Waals surface area contributed by atoms with Gasteiger partial charge in [0, 0.05) is 13.1 Å². The Balaban J connectivity index is 2.30. The second-order valence-corrected chi connectivity index (χ2v) is 6.67. The lowest BCUT2D eigenvalue weighted by molar-refractivity contribution is 0.600. The van der Waals surface area contributed by atoms with Crippen LogP contribution in [0.1, 0.15) is 12.0 Å². The molecule has 0 radical (unpaired) electrons. The third-order valence-electron chi connectivity index (χ3n) is 3.22. The van der Waals surface area contributed by atoms with Crippen molar-refractivity contribution in [1.29, 1.82) is 5.26 Å². The molecule has 0 saturated carbocycles. The molecule has 1 aromatic rings. The molecule has 1 aromatic carbocycles. The molecule has 0 aliphatic carbocycles. The number of nitrogens with zero attached hydrogens (tertiary/aromatic N) is 2. The Morgan fingerprint density at radius 1 is 1.50 bits per heavy atom. The Labute approximate surface area is 106 Å². The van der Waals surface area contributed by atoms with Gasteiger partial charge in [-0.1, -0.05) is 0 Å². The summed E-state index contributed by atoms with van der Waals surface area (Å²) in [5, 5.41) is 8.98. The van der Waals surface area contributed by atoms with E-state index in [0.29, 0.717) is 12.1 Å². The first kappa shape index (κ1) is 12.8. The Hall–Kier alpha value is -1.61. The highest BCUT2D eigenvalue weighted by Crippen LogP contribution is 2.26. The van der Waals surface area contributed by atoms with E-state index in [4.69, 9.17) is 5.26 Å². The summed E-state index contributed by atoms with van der Waals surface area (Å²) in [7, 11) is -1.24. The van der Waals surface area contributed by atoms with Crippen LogP contribution in [0.15, 0.2) is 18.2 Å². The number of hydrogen-bond donors (Lipinski definition) is 0. The Morgan fingerprint density at radius 3 is 2.78 bits per heavy atom. The number of anilines is 1. The molecule has 1 fully saturated rings. The normalized spacial score (nSPS) is 21.5. The standard InChI is InChI=1S/C12H13FN2O2S/c1-15(11-4-5-18(16,17)8-11)12-3-2-10(13)6-9(12)7-14/h2-3,6,11H,4-5,8H2,1H3. The average Bonchev–Trinajstić information content (AvgIpc) is 2.68. The lowest BCUT2D eigenvalue weighted by Gasteiger charge is -2.26. The average molecular weight is 268 g/mol. The van der Waals surface area contributed by atoms with Gasteiger partial charge in [0.2, 0.25) is 0 Å². The van der Waals surface area contributed by atoms with E-state index in [9.17, 15) is 12.8 Å². The quantitative estimate of drug-likeness (QED) is 0.811. The lowest BCUT2D eigenvalue weighted by Crippen LogP contribution is -2.33. The van der Waals surface area contributed by atoms with Gasteiger partial charge in [0.05, 0.1) is 22.8 Å². The van der Waals surface area contributed by atoms with Gasteiger partial charge < -0.3 is 4.90 Å². The van der Waals surface area contributed by atoms with Gasteiger partial charge in [0.15, 0.2) is 9.84 Å². The number of benzene rings is 1. The van der Waals surface area contributed by atoms with E-state index >= 15 is 0 Å². The first-order valence-electron chi connectivity index (χ1n) is 5.56. The van der Waals surface area contributed by atoms with Gasteiger partial charge in [-0.15, -0.1) is 0 Å². The van der Waals surface area contributed by atoms with Crippen LogP contribution in [0.25, 0.3) is 0 Å². The molecule has 1 aliphatic rings. The maximum Gasteiger partial charge on any atom is 0.152 e. The SMILES string of the molecule is CN(c1ccc(F)cc1C#N)C1CCS(=O)(=O)C1. The van der Waals surface area contributed by atoms with Crippen molar-refractivity contribution >= 4 is 15.5 Å². The Morgan fingerprint density at radius 2 is 2.22 bits per heavy atom. The summed E-state index contributed by atoms with van der Waals surface area (Å²) in [4.78, 5) is 1.75. The molecule has 0 bridgehead atoms. The minimum atomic E-state index is -2.97. The fraction of sp³-hybridized carbons (Fsp3) is 0.417. The minimum absolute atomic E-state index is 0.0890. The van der Waals surface area contributed by atoms with Crippen molar-refractivity contribution in [3.63, 3.8) is 0 Å². The zero-order valence-electron chi connectivity index (χ0n) is 9.93. The van der Waals surface area contributed by atoms with E-state index in [-0.39, 0.29) is 23.1 Å². The molecule has 1 atom stereocenters. The molecule has 6 heteroatoms. The number of rotatable bonds is 2. The second kappa shape index (κ2) is 4.58. The number of halogens is 1. The molecule has 1 aliphatic heterocycles. The van der Waals surface area contributed by atoms with Crippen LogP contribution >= 0.6 is 0 Å². The molecule has 18 heavy (non-hydrogen) atoms. The van der Waals surface area contributed by atoms with Gasteiger partial charge in [0.25, 0.3) is 0 Å². The van der Waals surface area contributed by atoms with E-state index in [1.54, 1.807) is 11.9 Å². The number of nitriles is 1. The molecule has 0 aromatic heterocycles. The van der Waals surface area contributed by atoms with Crippen LogP contribution < -0.4 is 4.90 Å². The van der Waals surface area contributed by atoms with E-state index in [0.717, 1.165) is 6.07 Å². The van der Waals surface area contributed by atoms with Gasteiger partial charge in [-0.05, 0) is 24.6 Å². The van der Waals surface area contributed by atoms with Crippen molar-refractivity contribution in [3.05, 3.63) is 29.6 Å². The molecule has 0 amide bonds. The summed E-state index contributed by atoms with van der Waals surface area (Å²) < 4.78 is 35.9. The summed E-state index contributed by atoms with van der Waals surface area (Å²) in [6.07, 6.45) is 0.543. The van der Waals surface area contributed by atoms with E-state index < -0.39 is 15.7 Å². The van der Waals surface area contributed by atoms with Crippen molar-refractivity contribution in [1.82, 2.24) is 0 Å². The summed E-state index contributed by atoms with van der Waals surface area (Å²) in [6.45, 7) is 0. The van der Waals surface area contributed by atoms with Gasteiger partial charge in [-0.3, -0.25) is 0 Å². The number of hydrogen-bond acceptors (Lipinski definition) is 4. The molecule has 96 valence electrons. The fourth-order valence-corrected chi connectivity index (χ4v) is 3.96.